The topological polar surface area (TPSA) is 60.9 Å². The first-order valence-corrected chi connectivity index (χ1v) is 6.08. The number of aromatic nitrogens is 2. The molecule has 1 heterocycles. The number of hydrogen-bond acceptors (Lipinski definition) is 3. The summed E-state index contributed by atoms with van der Waals surface area (Å²) in [5.74, 6) is 0.0331. The molecule has 2 aromatic rings. The van der Waals surface area contributed by atoms with Crippen LogP contribution < -0.4 is 5.73 Å². The number of ketones is 1. The lowest BCUT2D eigenvalue weighted by Crippen LogP contribution is -2.18. The summed E-state index contributed by atoms with van der Waals surface area (Å²) in [6.45, 7) is 2.65. The Labute approximate surface area is 106 Å². The van der Waals surface area contributed by atoms with Gasteiger partial charge in [0.25, 0.3) is 0 Å². The summed E-state index contributed by atoms with van der Waals surface area (Å²) in [6, 6.07) is 11.1. The minimum Gasteiger partial charge on any atom is -0.324 e. The van der Waals surface area contributed by atoms with Crippen LogP contribution in [0.5, 0.6) is 0 Å². The number of Topliss-reactive ketones (excluding diaryl/α,β-unsaturated/α-hetero) is 1. The van der Waals surface area contributed by atoms with E-state index >= 15 is 0 Å². The van der Waals surface area contributed by atoms with Crippen molar-refractivity contribution in [3.8, 4) is 0 Å². The Hall–Kier alpha value is -1.94. The second-order valence-electron chi connectivity index (χ2n) is 4.18. The van der Waals surface area contributed by atoms with Gasteiger partial charge < -0.3 is 5.73 Å². The van der Waals surface area contributed by atoms with E-state index in [-0.39, 0.29) is 11.8 Å². The van der Waals surface area contributed by atoms with Gasteiger partial charge in [0, 0.05) is 25.2 Å². The Morgan fingerprint density at radius 2 is 2.06 bits per heavy atom. The van der Waals surface area contributed by atoms with Crippen molar-refractivity contribution >= 4 is 5.78 Å². The van der Waals surface area contributed by atoms with Crippen molar-refractivity contribution in [1.29, 1.82) is 0 Å². The Morgan fingerprint density at radius 3 is 2.72 bits per heavy atom. The number of nitrogens with zero attached hydrogens (tertiary/aromatic N) is 2. The highest BCUT2D eigenvalue weighted by Gasteiger charge is 2.16. The number of aryl methyl sites for hydroxylation is 1. The highest BCUT2D eigenvalue weighted by Crippen LogP contribution is 2.16. The number of nitrogens with two attached hydrogens (primary N) is 1. The summed E-state index contributed by atoms with van der Waals surface area (Å²) in [5.41, 5.74) is 7.65. The van der Waals surface area contributed by atoms with E-state index in [0.717, 1.165) is 5.56 Å². The fourth-order valence-corrected chi connectivity index (χ4v) is 1.94. The molecule has 1 unspecified atom stereocenters. The maximum Gasteiger partial charge on any atom is 0.182 e. The number of hydrogen-bond donors (Lipinski definition) is 1. The standard InChI is InChI=1S/C14H17N3O/c1-2-17-13(8-9-16-17)14(18)10-12(15)11-6-4-3-5-7-11/h3-9,12H,2,10,15H2,1H3. The minimum absolute atomic E-state index is 0.0331. The first kappa shape index (κ1) is 12.5. The maximum absolute atomic E-state index is 12.1. The monoisotopic (exact) mass is 243 g/mol. The molecule has 94 valence electrons. The lowest BCUT2D eigenvalue weighted by atomic mass is 10.0. The van der Waals surface area contributed by atoms with E-state index in [4.69, 9.17) is 5.73 Å². The number of carbonyl (C=O) groups excluding carboxylic acids is 1. The molecular formula is C14H17N3O. The lowest BCUT2D eigenvalue weighted by Gasteiger charge is -2.11. The molecule has 0 saturated carbocycles. The number of carbonyl (C=O) groups is 1. The Balaban J connectivity index is 2.08. The Bertz CT molecular complexity index is 519. The van der Waals surface area contributed by atoms with Gasteiger partial charge in [-0.05, 0) is 18.6 Å². The quantitative estimate of drug-likeness (QED) is 0.819. The molecule has 4 nitrogen and oxygen atoms in total. The zero-order valence-corrected chi connectivity index (χ0v) is 10.4. The van der Waals surface area contributed by atoms with Crippen molar-refractivity contribution in [1.82, 2.24) is 9.78 Å². The zero-order chi connectivity index (χ0) is 13.0. The molecule has 4 heteroatoms. The zero-order valence-electron chi connectivity index (χ0n) is 10.4. The van der Waals surface area contributed by atoms with Crippen LogP contribution in [0.4, 0.5) is 0 Å². The molecule has 0 aliphatic heterocycles. The van der Waals surface area contributed by atoms with Gasteiger partial charge in [0.05, 0.1) is 0 Å². The van der Waals surface area contributed by atoms with Gasteiger partial charge in [-0.15, -0.1) is 0 Å². The Morgan fingerprint density at radius 1 is 1.33 bits per heavy atom. The summed E-state index contributed by atoms with van der Waals surface area (Å²) >= 11 is 0. The van der Waals surface area contributed by atoms with Gasteiger partial charge in [-0.3, -0.25) is 9.48 Å². The van der Waals surface area contributed by atoms with Gasteiger partial charge in [0.1, 0.15) is 5.69 Å². The first-order valence-electron chi connectivity index (χ1n) is 6.08. The first-order chi connectivity index (χ1) is 8.72. The van der Waals surface area contributed by atoms with Crippen molar-refractivity contribution < 1.29 is 4.79 Å². The van der Waals surface area contributed by atoms with E-state index in [1.54, 1.807) is 16.9 Å². The van der Waals surface area contributed by atoms with Gasteiger partial charge in [-0.2, -0.15) is 5.10 Å². The van der Waals surface area contributed by atoms with Crippen molar-refractivity contribution in [2.45, 2.75) is 25.9 Å². The summed E-state index contributed by atoms with van der Waals surface area (Å²) in [4.78, 5) is 12.1. The van der Waals surface area contributed by atoms with E-state index in [9.17, 15) is 4.79 Å². The number of rotatable bonds is 5. The molecule has 0 radical (unpaired) electrons. The summed E-state index contributed by atoms with van der Waals surface area (Å²) in [5, 5.41) is 4.09. The van der Waals surface area contributed by atoms with E-state index in [1.807, 2.05) is 37.3 Å². The highest BCUT2D eigenvalue weighted by atomic mass is 16.1. The molecule has 1 aromatic carbocycles. The summed E-state index contributed by atoms with van der Waals surface area (Å²) < 4.78 is 1.69. The predicted molar refractivity (Wildman–Crippen MR) is 70.2 cm³/mol. The fraction of sp³-hybridized carbons (Fsp3) is 0.286. The average Bonchev–Trinajstić information content (AvgIpc) is 2.88. The molecule has 1 atom stereocenters. The van der Waals surface area contributed by atoms with Crippen LogP contribution in [0.3, 0.4) is 0 Å². The average molecular weight is 243 g/mol. The van der Waals surface area contributed by atoms with E-state index in [1.165, 1.54) is 0 Å². The Kier molecular flexibility index (Phi) is 3.89. The molecule has 0 saturated heterocycles. The van der Waals surface area contributed by atoms with Gasteiger partial charge in [-0.25, -0.2) is 0 Å². The van der Waals surface area contributed by atoms with Crippen LogP contribution in [0, 0.1) is 0 Å². The van der Waals surface area contributed by atoms with Crippen LogP contribution in [0.15, 0.2) is 42.6 Å². The van der Waals surface area contributed by atoms with Crippen LogP contribution in [-0.4, -0.2) is 15.6 Å². The second-order valence-corrected chi connectivity index (χ2v) is 4.18. The van der Waals surface area contributed by atoms with Crippen LogP contribution >= 0.6 is 0 Å². The third kappa shape index (κ3) is 2.65. The van der Waals surface area contributed by atoms with Crippen molar-refractivity contribution in [2.75, 3.05) is 0 Å². The lowest BCUT2D eigenvalue weighted by molar-refractivity contribution is 0.0964. The van der Waals surface area contributed by atoms with Gasteiger partial charge in [-0.1, -0.05) is 30.3 Å². The third-order valence-electron chi connectivity index (χ3n) is 2.93. The third-order valence-corrected chi connectivity index (χ3v) is 2.93. The van der Waals surface area contributed by atoms with Crippen LogP contribution in [0.2, 0.25) is 0 Å². The van der Waals surface area contributed by atoms with E-state index in [0.29, 0.717) is 18.7 Å². The highest BCUT2D eigenvalue weighted by molar-refractivity contribution is 5.94. The van der Waals surface area contributed by atoms with Crippen molar-refractivity contribution in [3.63, 3.8) is 0 Å². The molecule has 0 spiro atoms. The van der Waals surface area contributed by atoms with Crippen LogP contribution in [0.25, 0.3) is 0 Å². The molecule has 0 fully saturated rings. The van der Waals surface area contributed by atoms with Gasteiger partial charge >= 0.3 is 0 Å². The predicted octanol–water partition coefficient (Wildman–Crippen LogP) is 2.18. The number of benzene rings is 1. The van der Waals surface area contributed by atoms with Gasteiger partial charge in [0.15, 0.2) is 5.78 Å². The van der Waals surface area contributed by atoms with Crippen LogP contribution in [-0.2, 0) is 6.54 Å². The normalized spacial score (nSPS) is 12.3. The smallest absolute Gasteiger partial charge is 0.182 e. The van der Waals surface area contributed by atoms with E-state index in [2.05, 4.69) is 5.10 Å². The molecular weight excluding hydrogens is 226 g/mol. The largest absolute Gasteiger partial charge is 0.324 e. The molecule has 18 heavy (non-hydrogen) atoms. The van der Waals surface area contributed by atoms with Crippen molar-refractivity contribution in [3.05, 3.63) is 53.9 Å². The summed E-state index contributed by atoms with van der Waals surface area (Å²) in [6.07, 6.45) is 1.94. The van der Waals surface area contributed by atoms with E-state index < -0.39 is 0 Å². The fourth-order valence-electron chi connectivity index (χ4n) is 1.94. The molecule has 0 amide bonds. The van der Waals surface area contributed by atoms with Crippen molar-refractivity contribution in [2.24, 2.45) is 5.73 Å². The SMILES string of the molecule is CCn1nccc1C(=O)CC(N)c1ccccc1. The molecule has 0 bridgehead atoms. The maximum atomic E-state index is 12.1. The molecule has 1 aromatic heterocycles. The molecule has 2 N–H and O–H groups in total. The summed E-state index contributed by atoms with van der Waals surface area (Å²) in [7, 11) is 0. The molecule has 2 rings (SSSR count). The van der Waals surface area contributed by atoms with Crippen LogP contribution in [0.1, 0.15) is 35.4 Å². The molecule has 0 aliphatic rings. The van der Waals surface area contributed by atoms with Gasteiger partial charge in [0.2, 0.25) is 0 Å². The minimum atomic E-state index is -0.265. The second kappa shape index (κ2) is 5.60. The molecule has 0 aliphatic carbocycles.